The van der Waals surface area contributed by atoms with E-state index < -0.39 is 0 Å². The molecular weight excluding hydrogens is 276 g/mol. The summed E-state index contributed by atoms with van der Waals surface area (Å²) < 4.78 is 0. The van der Waals surface area contributed by atoms with Gasteiger partial charge in [-0.05, 0) is 61.1 Å². The molecule has 0 radical (unpaired) electrons. The van der Waals surface area contributed by atoms with Crippen LogP contribution in [-0.2, 0) is 15.6 Å². The Kier molecular flexibility index (Phi) is 2.65. The minimum Gasteiger partial charge on any atom is -0.508 e. The molecule has 3 heteroatoms. The summed E-state index contributed by atoms with van der Waals surface area (Å²) in [7, 11) is 0. The first-order valence-corrected chi connectivity index (χ1v) is 7.71. The van der Waals surface area contributed by atoms with Crippen molar-refractivity contribution in [3.05, 3.63) is 59.7 Å². The van der Waals surface area contributed by atoms with Gasteiger partial charge < -0.3 is 10.2 Å². The molecule has 0 atom stereocenters. The van der Waals surface area contributed by atoms with Gasteiger partial charge in [-0.25, -0.2) is 0 Å². The van der Waals surface area contributed by atoms with Crippen molar-refractivity contribution in [3.63, 3.8) is 0 Å². The molecule has 2 aliphatic carbocycles. The first-order chi connectivity index (χ1) is 10.6. The van der Waals surface area contributed by atoms with E-state index in [1.54, 1.807) is 24.3 Å². The van der Waals surface area contributed by atoms with Crippen LogP contribution in [0.1, 0.15) is 36.8 Å². The van der Waals surface area contributed by atoms with Crippen molar-refractivity contribution in [2.75, 3.05) is 0 Å². The summed E-state index contributed by atoms with van der Waals surface area (Å²) in [6, 6.07) is 14.1. The third kappa shape index (κ3) is 1.85. The monoisotopic (exact) mass is 294 g/mol. The highest BCUT2D eigenvalue weighted by Gasteiger charge is 2.63. The van der Waals surface area contributed by atoms with Gasteiger partial charge in [-0.2, -0.15) is 0 Å². The maximum absolute atomic E-state index is 13.3. The first-order valence-electron chi connectivity index (χ1n) is 7.71. The quantitative estimate of drug-likeness (QED) is 0.908. The van der Waals surface area contributed by atoms with Gasteiger partial charge in [0.2, 0.25) is 0 Å². The molecule has 3 nitrogen and oxygen atoms in total. The van der Waals surface area contributed by atoms with E-state index in [2.05, 4.69) is 0 Å². The summed E-state index contributed by atoms with van der Waals surface area (Å²) in [6.07, 6.45) is 3.54. The number of Topliss-reactive ketones (excluding diaryl/α,β-unsaturated/α-hetero) is 1. The van der Waals surface area contributed by atoms with Crippen LogP contribution in [0.25, 0.3) is 0 Å². The maximum Gasteiger partial charge on any atom is 0.153 e. The fourth-order valence-corrected chi connectivity index (χ4v) is 3.56. The molecule has 0 aliphatic heterocycles. The number of ketones is 1. The van der Waals surface area contributed by atoms with E-state index >= 15 is 0 Å². The van der Waals surface area contributed by atoms with Crippen LogP contribution in [0.4, 0.5) is 0 Å². The Hall–Kier alpha value is -2.29. The lowest BCUT2D eigenvalue weighted by Crippen LogP contribution is -2.32. The lowest BCUT2D eigenvalue weighted by molar-refractivity contribution is -0.124. The average Bonchev–Trinajstić information content (AvgIpc) is 3.42. The van der Waals surface area contributed by atoms with E-state index in [-0.39, 0.29) is 22.3 Å². The van der Waals surface area contributed by atoms with Crippen molar-refractivity contribution in [3.8, 4) is 11.5 Å². The van der Waals surface area contributed by atoms with Crippen LogP contribution in [0, 0.1) is 0 Å². The number of phenolic OH excluding ortho intramolecular Hbond substituents is 2. The van der Waals surface area contributed by atoms with E-state index in [4.69, 9.17) is 0 Å². The number of rotatable bonds is 4. The highest BCUT2D eigenvalue weighted by Crippen LogP contribution is 2.60. The average molecular weight is 294 g/mol. The number of phenols is 2. The minimum absolute atomic E-state index is 0.228. The molecule has 2 aromatic rings. The Balaban J connectivity index is 1.69. The maximum atomic E-state index is 13.3. The topological polar surface area (TPSA) is 57.5 Å². The Morgan fingerprint density at radius 3 is 1.27 bits per heavy atom. The third-order valence-corrected chi connectivity index (χ3v) is 5.21. The summed E-state index contributed by atoms with van der Waals surface area (Å²) >= 11 is 0. The van der Waals surface area contributed by atoms with Crippen LogP contribution in [0.5, 0.6) is 11.5 Å². The van der Waals surface area contributed by atoms with Crippen molar-refractivity contribution in [1.82, 2.24) is 0 Å². The summed E-state index contributed by atoms with van der Waals surface area (Å²) in [6.45, 7) is 0. The van der Waals surface area contributed by atoms with E-state index in [0.29, 0.717) is 5.78 Å². The van der Waals surface area contributed by atoms with E-state index in [0.717, 1.165) is 36.8 Å². The van der Waals surface area contributed by atoms with Crippen LogP contribution in [0.2, 0.25) is 0 Å². The van der Waals surface area contributed by atoms with Crippen molar-refractivity contribution < 1.29 is 15.0 Å². The van der Waals surface area contributed by atoms with Crippen molar-refractivity contribution in [1.29, 1.82) is 0 Å². The van der Waals surface area contributed by atoms with Crippen LogP contribution in [-0.4, -0.2) is 16.0 Å². The van der Waals surface area contributed by atoms with Gasteiger partial charge in [0.05, 0.1) is 10.8 Å². The Labute approximate surface area is 129 Å². The molecule has 22 heavy (non-hydrogen) atoms. The fraction of sp³-hybridized carbons (Fsp3) is 0.316. The highest BCUT2D eigenvalue weighted by molar-refractivity contribution is 6.03. The fourth-order valence-electron chi connectivity index (χ4n) is 3.56. The second-order valence-corrected chi connectivity index (χ2v) is 6.59. The molecular formula is C19H18O3. The van der Waals surface area contributed by atoms with Crippen LogP contribution < -0.4 is 0 Å². The van der Waals surface area contributed by atoms with Gasteiger partial charge in [0.25, 0.3) is 0 Å². The second kappa shape index (κ2) is 4.35. The standard InChI is InChI=1S/C19H18O3/c20-15-5-1-13(2-6-15)18(9-10-18)17(22)19(11-12-19)14-3-7-16(21)8-4-14/h1-8,20-21H,9-12H2. The first kappa shape index (κ1) is 13.4. The van der Waals surface area contributed by atoms with Gasteiger partial charge in [0.1, 0.15) is 11.5 Å². The number of hydrogen-bond acceptors (Lipinski definition) is 3. The molecule has 0 heterocycles. The number of aromatic hydroxyl groups is 2. The molecule has 2 fully saturated rings. The SMILES string of the molecule is O=C(C1(c2ccc(O)cc2)CC1)C1(c2ccc(O)cc2)CC1. The zero-order valence-corrected chi connectivity index (χ0v) is 12.2. The van der Waals surface area contributed by atoms with Gasteiger partial charge >= 0.3 is 0 Å². The van der Waals surface area contributed by atoms with Gasteiger partial charge in [0, 0.05) is 0 Å². The Morgan fingerprint density at radius 1 is 0.682 bits per heavy atom. The van der Waals surface area contributed by atoms with Gasteiger partial charge in [-0.3, -0.25) is 4.79 Å². The Morgan fingerprint density at radius 2 is 1.00 bits per heavy atom. The van der Waals surface area contributed by atoms with Crippen molar-refractivity contribution in [2.45, 2.75) is 36.5 Å². The number of hydrogen-bond donors (Lipinski definition) is 2. The van der Waals surface area contributed by atoms with Gasteiger partial charge in [-0.15, -0.1) is 0 Å². The predicted octanol–water partition coefficient (Wildman–Crippen LogP) is 3.43. The molecule has 2 saturated carbocycles. The van der Waals surface area contributed by atoms with Gasteiger partial charge in [0.15, 0.2) is 5.78 Å². The van der Waals surface area contributed by atoms with Gasteiger partial charge in [-0.1, -0.05) is 24.3 Å². The largest absolute Gasteiger partial charge is 0.508 e. The van der Waals surface area contributed by atoms with Crippen molar-refractivity contribution >= 4 is 5.78 Å². The molecule has 0 spiro atoms. The molecule has 2 aromatic carbocycles. The second-order valence-electron chi connectivity index (χ2n) is 6.59. The molecule has 2 N–H and O–H groups in total. The minimum atomic E-state index is -0.373. The van der Waals surface area contributed by atoms with Crippen LogP contribution in [0.15, 0.2) is 48.5 Å². The molecule has 0 bridgehead atoms. The van der Waals surface area contributed by atoms with Crippen LogP contribution in [0.3, 0.4) is 0 Å². The molecule has 0 aromatic heterocycles. The van der Waals surface area contributed by atoms with E-state index in [1.807, 2.05) is 24.3 Å². The zero-order chi connectivity index (χ0) is 15.4. The third-order valence-electron chi connectivity index (χ3n) is 5.21. The summed E-state index contributed by atoms with van der Waals surface area (Å²) in [5.74, 6) is 0.759. The Bertz CT molecular complexity index is 657. The van der Waals surface area contributed by atoms with Crippen molar-refractivity contribution in [2.24, 2.45) is 0 Å². The number of carbonyl (C=O) groups is 1. The van der Waals surface area contributed by atoms with Crippen LogP contribution >= 0.6 is 0 Å². The van der Waals surface area contributed by atoms with E-state index in [1.165, 1.54) is 0 Å². The molecule has 2 aliphatic rings. The zero-order valence-electron chi connectivity index (χ0n) is 12.2. The predicted molar refractivity (Wildman–Crippen MR) is 83.0 cm³/mol. The highest BCUT2D eigenvalue weighted by atomic mass is 16.3. The molecule has 0 unspecified atom stereocenters. The smallest absolute Gasteiger partial charge is 0.153 e. The number of benzene rings is 2. The number of carbonyl (C=O) groups excluding carboxylic acids is 1. The molecule has 0 saturated heterocycles. The summed E-state index contributed by atoms with van der Waals surface area (Å²) in [4.78, 5) is 13.3. The molecule has 0 amide bonds. The lowest BCUT2D eigenvalue weighted by Gasteiger charge is -2.22. The molecule has 4 rings (SSSR count). The normalized spacial score (nSPS) is 20.4. The lowest BCUT2D eigenvalue weighted by atomic mass is 9.79. The van der Waals surface area contributed by atoms with E-state index in [9.17, 15) is 15.0 Å². The molecule has 112 valence electrons. The summed E-state index contributed by atoms with van der Waals surface area (Å²) in [5.41, 5.74) is 1.28. The summed E-state index contributed by atoms with van der Waals surface area (Å²) in [5, 5.41) is 18.9.